The third kappa shape index (κ3) is 3.83. The normalized spacial score (nSPS) is 10.0. The van der Waals surface area contributed by atoms with Crippen LogP contribution in [0, 0.1) is 0 Å². The van der Waals surface area contributed by atoms with E-state index in [1.807, 2.05) is 48.5 Å². The standard InChI is InChI=1S/C15H15BrN2O/c1-2-11-7-9-12(10-8-11)17-15(19)18-14-6-4-3-5-13(14)16/h3-10H,2H2,1H3,(H2,17,18,19). The number of hydrogen-bond acceptors (Lipinski definition) is 1. The molecule has 0 aromatic heterocycles. The highest BCUT2D eigenvalue weighted by Crippen LogP contribution is 2.21. The van der Waals surface area contributed by atoms with Crippen LogP contribution >= 0.6 is 15.9 Å². The Bertz CT molecular complexity index is 567. The Morgan fingerprint density at radius 1 is 1.05 bits per heavy atom. The van der Waals surface area contributed by atoms with Crippen molar-refractivity contribution in [2.24, 2.45) is 0 Å². The highest BCUT2D eigenvalue weighted by atomic mass is 79.9. The molecule has 0 aliphatic carbocycles. The molecule has 4 heteroatoms. The van der Waals surface area contributed by atoms with Crippen molar-refractivity contribution in [3.63, 3.8) is 0 Å². The van der Waals surface area contributed by atoms with E-state index in [2.05, 4.69) is 33.5 Å². The fourth-order valence-corrected chi connectivity index (χ4v) is 2.05. The minimum Gasteiger partial charge on any atom is -0.308 e. The lowest BCUT2D eigenvalue weighted by atomic mass is 10.1. The van der Waals surface area contributed by atoms with E-state index in [0.717, 1.165) is 22.3 Å². The van der Waals surface area contributed by atoms with Gasteiger partial charge in [-0.1, -0.05) is 31.2 Å². The first-order valence-corrected chi connectivity index (χ1v) is 6.90. The van der Waals surface area contributed by atoms with Gasteiger partial charge in [0.05, 0.1) is 5.69 Å². The minimum atomic E-state index is -0.254. The van der Waals surface area contributed by atoms with Gasteiger partial charge in [-0.15, -0.1) is 0 Å². The molecule has 98 valence electrons. The number of anilines is 2. The molecule has 0 radical (unpaired) electrons. The van der Waals surface area contributed by atoms with Gasteiger partial charge in [-0.25, -0.2) is 4.79 Å². The van der Waals surface area contributed by atoms with Gasteiger partial charge < -0.3 is 10.6 Å². The van der Waals surface area contributed by atoms with Crippen LogP contribution in [0.3, 0.4) is 0 Å². The van der Waals surface area contributed by atoms with Gasteiger partial charge in [0, 0.05) is 10.2 Å². The fourth-order valence-electron chi connectivity index (χ4n) is 1.67. The molecule has 0 saturated carbocycles. The van der Waals surface area contributed by atoms with Gasteiger partial charge in [0.1, 0.15) is 0 Å². The number of nitrogens with one attached hydrogen (secondary N) is 2. The number of halogens is 1. The van der Waals surface area contributed by atoms with Gasteiger partial charge in [-0.3, -0.25) is 0 Å². The summed E-state index contributed by atoms with van der Waals surface area (Å²) in [5.74, 6) is 0. The quantitative estimate of drug-likeness (QED) is 0.849. The molecule has 0 bridgehead atoms. The van der Waals surface area contributed by atoms with Crippen LogP contribution in [0.1, 0.15) is 12.5 Å². The summed E-state index contributed by atoms with van der Waals surface area (Å²) in [5, 5.41) is 5.59. The highest BCUT2D eigenvalue weighted by molar-refractivity contribution is 9.10. The van der Waals surface area contributed by atoms with E-state index >= 15 is 0 Å². The van der Waals surface area contributed by atoms with Gasteiger partial charge in [0.2, 0.25) is 0 Å². The molecule has 0 fully saturated rings. The van der Waals surface area contributed by atoms with Crippen molar-refractivity contribution in [3.8, 4) is 0 Å². The van der Waals surface area contributed by atoms with E-state index in [1.54, 1.807) is 0 Å². The molecule has 0 saturated heterocycles. The van der Waals surface area contributed by atoms with E-state index in [1.165, 1.54) is 5.56 Å². The zero-order chi connectivity index (χ0) is 13.7. The number of aryl methyl sites for hydroxylation is 1. The van der Waals surface area contributed by atoms with Crippen LogP contribution < -0.4 is 10.6 Å². The van der Waals surface area contributed by atoms with Crippen LogP contribution in [-0.2, 0) is 6.42 Å². The summed E-state index contributed by atoms with van der Waals surface area (Å²) >= 11 is 3.39. The molecule has 0 aliphatic heterocycles. The van der Waals surface area contributed by atoms with Crippen molar-refractivity contribution < 1.29 is 4.79 Å². The summed E-state index contributed by atoms with van der Waals surface area (Å²) < 4.78 is 0.853. The maximum absolute atomic E-state index is 11.8. The third-order valence-corrected chi connectivity index (χ3v) is 3.43. The van der Waals surface area contributed by atoms with E-state index in [0.29, 0.717) is 0 Å². The second-order valence-electron chi connectivity index (χ2n) is 4.11. The molecule has 3 nitrogen and oxygen atoms in total. The molecule has 2 N–H and O–H groups in total. The number of hydrogen-bond donors (Lipinski definition) is 2. The number of amides is 2. The number of carbonyl (C=O) groups excluding carboxylic acids is 1. The van der Waals surface area contributed by atoms with E-state index in [4.69, 9.17) is 0 Å². The highest BCUT2D eigenvalue weighted by Gasteiger charge is 2.04. The van der Waals surface area contributed by atoms with Gasteiger partial charge >= 0.3 is 6.03 Å². The van der Waals surface area contributed by atoms with Crippen LogP contribution in [0.5, 0.6) is 0 Å². The number of benzene rings is 2. The predicted octanol–water partition coefficient (Wildman–Crippen LogP) is 4.66. The first kappa shape index (κ1) is 13.6. The second-order valence-corrected chi connectivity index (χ2v) is 4.96. The zero-order valence-electron chi connectivity index (χ0n) is 10.6. The first-order valence-electron chi connectivity index (χ1n) is 6.10. The predicted molar refractivity (Wildman–Crippen MR) is 82.6 cm³/mol. The molecule has 0 aliphatic rings. The maximum atomic E-state index is 11.8. The Hall–Kier alpha value is -1.81. The molecular formula is C15H15BrN2O. The Labute approximate surface area is 121 Å². The molecule has 2 aromatic rings. The van der Waals surface area contributed by atoms with E-state index < -0.39 is 0 Å². The van der Waals surface area contributed by atoms with Crippen molar-refractivity contribution >= 4 is 33.3 Å². The lowest BCUT2D eigenvalue weighted by Crippen LogP contribution is -2.19. The monoisotopic (exact) mass is 318 g/mol. The molecule has 2 aromatic carbocycles. The molecule has 0 unspecified atom stereocenters. The summed E-state index contributed by atoms with van der Waals surface area (Å²) in [6.07, 6.45) is 0.990. The van der Waals surface area contributed by atoms with Crippen molar-refractivity contribution in [2.75, 3.05) is 10.6 Å². The lowest BCUT2D eigenvalue weighted by Gasteiger charge is -2.09. The zero-order valence-corrected chi connectivity index (χ0v) is 12.2. The van der Waals surface area contributed by atoms with Gasteiger partial charge in [0.25, 0.3) is 0 Å². The van der Waals surface area contributed by atoms with Gasteiger partial charge in [-0.2, -0.15) is 0 Å². The number of rotatable bonds is 3. The van der Waals surface area contributed by atoms with Crippen LogP contribution in [0.4, 0.5) is 16.2 Å². The van der Waals surface area contributed by atoms with E-state index in [-0.39, 0.29) is 6.03 Å². The van der Waals surface area contributed by atoms with Gasteiger partial charge in [0.15, 0.2) is 0 Å². The number of para-hydroxylation sites is 1. The summed E-state index contributed by atoms with van der Waals surface area (Å²) in [5.41, 5.74) is 2.77. The molecular weight excluding hydrogens is 304 g/mol. The van der Waals surface area contributed by atoms with Crippen LogP contribution in [0.2, 0.25) is 0 Å². The summed E-state index contributed by atoms with van der Waals surface area (Å²) in [4.78, 5) is 11.8. The van der Waals surface area contributed by atoms with Crippen molar-refractivity contribution in [3.05, 3.63) is 58.6 Å². The van der Waals surface area contributed by atoms with Crippen LogP contribution in [0.15, 0.2) is 53.0 Å². The number of carbonyl (C=O) groups is 1. The molecule has 0 atom stereocenters. The van der Waals surface area contributed by atoms with Crippen LogP contribution in [0.25, 0.3) is 0 Å². The molecule has 2 amide bonds. The minimum absolute atomic E-state index is 0.254. The van der Waals surface area contributed by atoms with E-state index in [9.17, 15) is 4.79 Å². The third-order valence-electron chi connectivity index (χ3n) is 2.74. The van der Waals surface area contributed by atoms with Crippen molar-refractivity contribution in [1.82, 2.24) is 0 Å². The Balaban J connectivity index is 1.99. The van der Waals surface area contributed by atoms with Crippen molar-refractivity contribution in [2.45, 2.75) is 13.3 Å². The molecule has 19 heavy (non-hydrogen) atoms. The second kappa shape index (κ2) is 6.38. The Morgan fingerprint density at radius 3 is 2.37 bits per heavy atom. The van der Waals surface area contributed by atoms with Crippen LogP contribution in [-0.4, -0.2) is 6.03 Å². The summed E-state index contributed by atoms with van der Waals surface area (Å²) in [6.45, 7) is 2.10. The molecule has 0 heterocycles. The van der Waals surface area contributed by atoms with Gasteiger partial charge in [-0.05, 0) is 52.2 Å². The molecule has 0 spiro atoms. The summed E-state index contributed by atoms with van der Waals surface area (Å²) in [6, 6.07) is 15.1. The average molecular weight is 319 g/mol. The SMILES string of the molecule is CCc1ccc(NC(=O)Nc2ccccc2Br)cc1. The average Bonchev–Trinajstić information content (AvgIpc) is 2.42. The topological polar surface area (TPSA) is 41.1 Å². The fraction of sp³-hybridized carbons (Fsp3) is 0.133. The maximum Gasteiger partial charge on any atom is 0.323 e. The Kier molecular flexibility index (Phi) is 4.58. The lowest BCUT2D eigenvalue weighted by molar-refractivity contribution is 0.262. The Morgan fingerprint density at radius 2 is 1.74 bits per heavy atom. The first-order chi connectivity index (χ1) is 9.19. The number of urea groups is 1. The largest absolute Gasteiger partial charge is 0.323 e. The molecule has 2 rings (SSSR count). The summed E-state index contributed by atoms with van der Waals surface area (Å²) in [7, 11) is 0. The smallest absolute Gasteiger partial charge is 0.308 e. The van der Waals surface area contributed by atoms with Crippen molar-refractivity contribution in [1.29, 1.82) is 0 Å².